The van der Waals surface area contributed by atoms with Crippen molar-refractivity contribution in [1.82, 2.24) is 0 Å². The Balaban J connectivity index is -0.00000000500. The Bertz CT molecular complexity index is 6.00. The first-order valence-electron chi connectivity index (χ1n) is 0.114. The van der Waals surface area contributed by atoms with E-state index in [1.54, 1.807) is 0 Å². The predicted molar refractivity (Wildman–Crippen MR) is 8.93 cm³/mol. The summed E-state index contributed by atoms with van der Waals surface area (Å²) in [7, 11) is 0. The first-order chi connectivity index (χ1) is 1.00. The molecule has 0 atom stereocenters. The molecule has 0 aliphatic carbocycles. The summed E-state index contributed by atoms with van der Waals surface area (Å²) in [6.07, 6.45) is 0. The molecule has 0 aromatic heterocycles. The van der Waals surface area contributed by atoms with Crippen LogP contribution in [0.3, 0.4) is 0 Å². The van der Waals surface area contributed by atoms with Crippen LogP contribution >= 0.6 is 13.0 Å². The fourth-order valence-corrected chi connectivity index (χ4v) is 0. The number of hydrogen-bond donors (Lipinski definition) is 0. The molecule has 4 heavy (non-hydrogen) atoms. The van der Waals surface area contributed by atoms with Crippen LogP contribution in [0.15, 0.2) is 0 Å². The first kappa shape index (κ1) is 16.0. The molecule has 0 aromatic rings. The number of rotatable bonds is 0. The van der Waals surface area contributed by atoms with Crippen LogP contribution in [-0.2, 0) is 60.8 Å². The van der Waals surface area contributed by atoms with Crippen molar-refractivity contribution in [2.45, 2.75) is 0 Å². The Labute approximate surface area is 72.6 Å². The summed E-state index contributed by atoms with van der Waals surface area (Å²) < 4.78 is 0. The maximum atomic E-state index is 2.76. The molecule has 0 aliphatic rings. The molecule has 0 spiro atoms. The Kier molecular flexibility index (Phi) is 70.2. The summed E-state index contributed by atoms with van der Waals surface area (Å²) in [5.74, 6) is 0. The van der Waals surface area contributed by atoms with E-state index in [1.165, 1.54) is 0 Å². The van der Waals surface area contributed by atoms with Crippen LogP contribution in [0.4, 0.5) is 0 Å². The molecule has 0 aliphatic heterocycles. The third kappa shape index (κ3) is 8.82. The quantitative estimate of drug-likeness (QED) is 0.561. The molecule has 31 valence electrons. The van der Waals surface area contributed by atoms with Crippen LogP contribution in [0.1, 0.15) is 0 Å². The molecule has 0 N–H and O–H groups in total. The van der Waals surface area contributed by atoms with Crippen molar-refractivity contribution in [1.29, 1.82) is 0 Å². The van der Waals surface area contributed by atoms with E-state index >= 15 is 0 Å². The van der Waals surface area contributed by atoms with Gasteiger partial charge in [0.15, 0.2) is 0 Å². The van der Waals surface area contributed by atoms with E-state index in [0.29, 0.717) is 0 Å². The van der Waals surface area contributed by atoms with Gasteiger partial charge in [0, 0.05) is 41.9 Å². The molecule has 1 radical (unpaired) electrons. The normalized spacial score (nSPS) is 1.75. The van der Waals surface area contributed by atoms with Crippen LogP contribution in [0.2, 0.25) is 0 Å². The zero-order valence-corrected chi connectivity index (χ0v) is 9.21. The molecule has 0 heterocycles. The minimum atomic E-state index is 0. The van der Waals surface area contributed by atoms with E-state index in [-0.39, 0.29) is 41.9 Å². The first-order valence-corrected chi connectivity index (χ1v) is 3.50. The van der Waals surface area contributed by atoms with Crippen molar-refractivity contribution >= 4 is 13.0 Å². The Morgan fingerprint density at radius 3 is 1.25 bits per heavy atom. The summed E-state index contributed by atoms with van der Waals surface area (Å²) in [4.78, 5) is 0. The summed E-state index contributed by atoms with van der Waals surface area (Å²) in [6, 6.07) is 0. The molecule has 0 rings (SSSR count). The molecule has 0 amide bonds. The van der Waals surface area contributed by atoms with E-state index < -0.39 is 0 Å². The molecule has 0 bridgehead atoms. The minimum Gasteiger partial charge on any atom is 0 e. The Morgan fingerprint density at radius 1 is 1.25 bits per heavy atom. The molecule has 0 fully saturated rings. The minimum absolute atomic E-state index is 0. The zero-order valence-electron chi connectivity index (χ0n) is 1.69. The third-order valence-corrected chi connectivity index (χ3v) is 0. The standard InChI is InChI=1S/2Ag.BrH.Zn/h;;1H;/q;+1;;/p-1. The Hall–Kier alpha value is 2.58. The fourth-order valence-electron chi connectivity index (χ4n) is 0. The van der Waals surface area contributed by atoms with Crippen molar-refractivity contribution in [3.05, 3.63) is 0 Å². The predicted octanol–water partition coefficient (Wildman–Crippen LogP) is 0.838. The van der Waals surface area contributed by atoms with E-state index in [9.17, 15) is 0 Å². The van der Waals surface area contributed by atoms with Gasteiger partial charge < -0.3 is 0 Å². The topological polar surface area (TPSA) is 0 Å². The summed E-state index contributed by atoms with van der Waals surface area (Å²) >= 11 is 5.51. The maximum absolute atomic E-state index is 2.76. The van der Waals surface area contributed by atoms with Crippen LogP contribution in [0, 0.1) is 0 Å². The Morgan fingerprint density at radius 2 is 1.25 bits per heavy atom. The molecule has 0 saturated carbocycles. The second-order valence-corrected chi connectivity index (χ2v) is 0. The molecular formula is Ag2BrZn. The second-order valence-electron chi connectivity index (χ2n) is 0. The average molecular weight is 361 g/mol. The van der Waals surface area contributed by atoms with Gasteiger partial charge in [-0.25, -0.2) is 0 Å². The smallest absolute Gasteiger partial charge is 0 e. The van der Waals surface area contributed by atoms with Gasteiger partial charge in [-0.2, -0.15) is 0 Å². The van der Waals surface area contributed by atoms with E-state index in [1.807, 2.05) is 0 Å². The fraction of sp³-hybridized carbons (Fsp3) is 0. The van der Waals surface area contributed by atoms with Crippen LogP contribution in [0.5, 0.6) is 0 Å². The van der Waals surface area contributed by atoms with Crippen molar-refractivity contribution in [3.63, 3.8) is 0 Å². The third-order valence-electron chi connectivity index (χ3n) is 0. The number of hydrogen-bond acceptors (Lipinski definition) is 0. The molecule has 0 aromatic carbocycles. The summed E-state index contributed by atoms with van der Waals surface area (Å²) in [6.45, 7) is 0. The second kappa shape index (κ2) is 17.6. The van der Waals surface area contributed by atoms with Crippen LogP contribution < -0.4 is 0 Å². The maximum Gasteiger partial charge on any atom is 0 e. The summed E-state index contributed by atoms with van der Waals surface area (Å²) in [5, 5.41) is 0. The molecule has 0 nitrogen and oxygen atoms in total. The van der Waals surface area contributed by atoms with Gasteiger partial charge >= 0.3 is 32.0 Å². The van der Waals surface area contributed by atoms with Gasteiger partial charge in [0.25, 0.3) is 0 Å². The molecule has 0 unspecified atom stereocenters. The van der Waals surface area contributed by atoms with E-state index in [0.717, 1.165) is 0 Å². The van der Waals surface area contributed by atoms with Gasteiger partial charge in [0.05, 0.1) is 0 Å². The van der Waals surface area contributed by atoms with Crippen molar-refractivity contribution < 1.29 is 60.8 Å². The van der Waals surface area contributed by atoms with Crippen LogP contribution in [-0.4, -0.2) is 0 Å². The van der Waals surface area contributed by atoms with Crippen LogP contribution in [0.25, 0.3) is 0 Å². The number of halogens is 1. The van der Waals surface area contributed by atoms with Gasteiger partial charge in [-0.15, -0.1) is 0 Å². The van der Waals surface area contributed by atoms with E-state index in [4.69, 9.17) is 0 Å². The van der Waals surface area contributed by atoms with Gasteiger partial charge in [-0.1, -0.05) is 0 Å². The monoisotopic (exact) mass is 357 g/mol. The van der Waals surface area contributed by atoms with Crippen molar-refractivity contribution in [2.75, 3.05) is 0 Å². The van der Waals surface area contributed by atoms with Gasteiger partial charge in [-0.3, -0.25) is 0 Å². The van der Waals surface area contributed by atoms with Gasteiger partial charge in [0.2, 0.25) is 0 Å². The largest absolute Gasteiger partial charge is 0 e. The van der Waals surface area contributed by atoms with Gasteiger partial charge in [-0.05, 0) is 0 Å². The van der Waals surface area contributed by atoms with Crippen molar-refractivity contribution in [3.8, 4) is 0 Å². The van der Waals surface area contributed by atoms with Crippen molar-refractivity contribution in [2.24, 2.45) is 0 Å². The molecule has 0 saturated heterocycles. The SMILES string of the molecule is [Ag].[Br][Ag].[Zn]. The molecule has 4 heteroatoms. The van der Waals surface area contributed by atoms with Gasteiger partial charge in [0.1, 0.15) is 0 Å². The summed E-state index contributed by atoms with van der Waals surface area (Å²) in [5.41, 5.74) is 0. The average Bonchev–Trinajstić information content (AvgIpc) is 1.00. The zero-order chi connectivity index (χ0) is 2.00. The van der Waals surface area contributed by atoms with E-state index in [2.05, 4.69) is 32.0 Å². The molecular weight excluding hydrogens is 361 g/mol.